The summed E-state index contributed by atoms with van der Waals surface area (Å²) in [6.45, 7) is 8.21. The molecule has 0 aromatic heterocycles. The lowest BCUT2D eigenvalue weighted by atomic mass is 9.87. The number of hydrogen-bond acceptors (Lipinski definition) is 4. The summed E-state index contributed by atoms with van der Waals surface area (Å²) in [5, 5.41) is 16.3. The summed E-state index contributed by atoms with van der Waals surface area (Å²) in [6.07, 6.45) is 3.10. The molecule has 6 nitrogen and oxygen atoms in total. The fourth-order valence-corrected chi connectivity index (χ4v) is 4.52. The van der Waals surface area contributed by atoms with Crippen LogP contribution in [0.3, 0.4) is 0 Å². The number of rotatable bonds is 10. The van der Waals surface area contributed by atoms with Crippen LogP contribution in [0.4, 0.5) is 0 Å². The Morgan fingerprint density at radius 2 is 1.82 bits per heavy atom. The number of carboxylic acid groups (broad SMARTS) is 1. The maximum atomic E-state index is 12.0. The van der Waals surface area contributed by atoms with Crippen LogP contribution in [-0.2, 0) is 20.9 Å². The summed E-state index contributed by atoms with van der Waals surface area (Å²) in [7, 11) is 0. The van der Waals surface area contributed by atoms with E-state index in [-0.39, 0.29) is 24.1 Å². The number of amides is 1. The zero-order valence-electron chi connectivity index (χ0n) is 20.5. The lowest BCUT2D eigenvalue weighted by Gasteiger charge is -2.38. The summed E-state index contributed by atoms with van der Waals surface area (Å²) in [5.41, 5.74) is 4.92. The Bertz CT molecular complexity index is 1010. The van der Waals surface area contributed by atoms with Crippen molar-refractivity contribution in [1.29, 1.82) is 0 Å². The van der Waals surface area contributed by atoms with Crippen molar-refractivity contribution in [2.24, 2.45) is 0 Å². The minimum absolute atomic E-state index is 0.00293. The average molecular weight is 465 g/mol. The van der Waals surface area contributed by atoms with E-state index in [2.05, 4.69) is 47.9 Å². The van der Waals surface area contributed by atoms with Gasteiger partial charge in [-0.3, -0.25) is 4.79 Å². The molecule has 182 valence electrons. The molecular weight excluding hydrogens is 428 g/mol. The number of carbonyl (C=O) groups is 2. The van der Waals surface area contributed by atoms with Gasteiger partial charge in [0, 0.05) is 25.1 Å². The molecule has 0 aliphatic heterocycles. The molecule has 1 amide bonds. The molecule has 2 aromatic carbocycles. The van der Waals surface area contributed by atoms with Crippen molar-refractivity contribution in [2.75, 3.05) is 0 Å². The second kappa shape index (κ2) is 12.0. The molecular formula is C28H36N2O4. The SMILES string of the molecule is CCC(CC)O[C@@H]1C=C(C(=O)O)C[C@H](NCc2ccc(C)c(-c3ccccc3)c2)[C@H]1NC(C)=O. The molecule has 1 aliphatic carbocycles. The Balaban J connectivity index is 1.84. The minimum Gasteiger partial charge on any atom is -0.478 e. The van der Waals surface area contributed by atoms with Crippen molar-refractivity contribution in [1.82, 2.24) is 10.6 Å². The summed E-state index contributed by atoms with van der Waals surface area (Å²) >= 11 is 0. The molecule has 0 saturated heterocycles. The lowest BCUT2D eigenvalue weighted by Crippen LogP contribution is -2.58. The van der Waals surface area contributed by atoms with Gasteiger partial charge in [-0.2, -0.15) is 0 Å². The van der Waals surface area contributed by atoms with Crippen LogP contribution in [0.25, 0.3) is 11.1 Å². The molecule has 0 spiro atoms. The van der Waals surface area contributed by atoms with Crippen molar-refractivity contribution >= 4 is 11.9 Å². The molecule has 6 heteroatoms. The molecule has 1 aliphatic rings. The smallest absolute Gasteiger partial charge is 0.331 e. The highest BCUT2D eigenvalue weighted by Crippen LogP contribution is 2.27. The summed E-state index contributed by atoms with van der Waals surface area (Å²) in [4.78, 5) is 23.9. The second-order valence-electron chi connectivity index (χ2n) is 8.97. The van der Waals surface area contributed by atoms with Gasteiger partial charge in [-0.1, -0.05) is 56.3 Å². The highest BCUT2D eigenvalue weighted by atomic mass is 16.5. The zero-order valence-corrected chi connectivity index (χ0v) is 20.5. The largest absolute Gasteiger partial charge is 0.478 e. The van der Waals surface area contributed by atoms with Gasteiger partial charge in [0.1, 0.15) is 0 Å². The van der Waals surface area contributed by atoms with Gasteiger partial charge in [-0.15, -0.1) is 0 Å². The van der Waals surface area contributed by atoms with Crippen molar-refractivity contribution in [3.63, 3.8) is 0 Å². The maximum Gasteiger partial charge on any atom is 0.331 e. The molecule has 2 aromatic rings. The van der Waals surface area contributed by atoms with Gasteiger partial charge in [-0.25, -0.2) is 4.79 Å². The number of hydrogen-bond donors (Lipinski definition) is 3. The topological polar surface area (TPSA) is 87.7 Å². The van der Waals surface area contributed by atoms with Crippen LogP contribution in [0.5, 0.6) is 0 Å². The summed E-state index contributed by atoms with van der Waals surface area (Å²) in [5.74, 6) is -1.11. The number of carboxylic acids is 1. The molecule has 3 rings (SSSR count). The summed E-state index contributed by atoms with van der Waals surface area (Å²) < 4.78 is 6.26. The van der Waals surface area contributed by atoms with E-state index in [4.69, 9.17) is 4.74 Å². The average Bonchev–Trinajstić information content (AvgIpc) is 2.83. The predicted molar refractivity (Wildman–Crippen MR) is 134 cm³/mol. The van der Waals surface area contributed by atoms with Crippen molar-refractivity contribution in [2.45, 2.75) is 77.8 Å². The van der Waals surface area contributed by atoms with E-state index >= 15 is 0 Å². The van der Waals surface area contributed by atoms with Crippen LogP contribution in [-0.4, -0.2) is 41.3 Å². The quantitative estimate of drug-likeness (QED) is 0.478. The third kappa shape index (κ3) is 6.55. The fraction of sp³-hybridized carbons (Fsp3) is 0.429. The van der Waals surface area contributed by atoms with Gasteiger partial charge in [-0.05, 0) is 60.6 Å². The number of nitrogens with one attached hydrogen (secondary N) is 2. The Labute approximate surface area is 202 Å². The van der Waals surface area contributed by atoms with E-state index in [0.717, 1.165) is 24.0 Å². The molecule has 0 fully saturated rings. The van der Waals surface area contributed by atoms with Gasteiger partial charge in [0.15, 0.2) is 0 Å². The van der Waals surface area contributed by atoms with E-state index in [1.54, 1.807) is 6.08 Å². The van der Waals surface area contributed by atoms with E-state index in [1.807, 2.05) is 32.0 Å². The third-order valence-corrected chi connectivity index (χ3v) is 6.45. The normalized spacial score (nSPS) is 20.1. The van der Waals surface area contributed by atoms with Crippen LogP contribution in [0.2, 0.25) is 0 Å². The van der Waals surface area contributed by atoms with E-state index < -0.39 is 12.1 Å². The van der Waals surface area contributed by atoms with E-state index in [0.29, 0.717) is 18.5 Å². The number of ether oxygens (including phenoxy) is 1. The van der Waals surface area contributed by atoms with Gasteiger partial charge in [0.05, 0.1) is 18.2 Å². The van der Waals surface area contributed by atoms with Crippen molar-refractivity contribution in [3.8, 4) is 11.1 Å². The molecule has 0 unspecified atom stereocenters. The van der Waals surface area contributed by atoms with Gasteiger partial charge in [0.2, 0.25) is 5.91 Å². The zero-order chi connectivity index (χ0) is 24.7. The van der Waals surface area contributed by atoms with Crippen molar-refractivity contribution in [3.05, 3.63) is 71.3 Å². The highest BCUT2D eigenvalue weighted by molar-refractivity contribution is 5.87. The molecule has 0 radical (unpaired) electrons. The monoisotopic (exact) mass is 464 g/mol. The van der Waals surface area contributed by atoms with Crippen LogP contribution >= 0.6 is 0 Å². The molecule has 34 heavy (non-hydrogen) atoms. The molecule has 0 bridgehead atoms. The lowest BCUT2D eigenvalue weighted by molar-refractivity contribution is -0.133. The first-order valence-corrected chi connectivity index (χ1v) is 12.1. The maximum absolute atomic E-state index is 12.0. The van der Waals surface area contributed by atoms with Crippen LogP contribution in [0, 0.1) is 6.92 Å². The molecule has 3 atom stereocenters. The molecule has 0 heterocycles. The number of carbonyl (C=O) groups excluding carboxylic acids is 1. The highest BCUT2D eigenvalue weighted by Gasteiger charge is 2.37. The molecule has 0 saturated carbocycles. The van der Waals surface area contributed by atoms with Gasteiger partial charge in [0.25, 0.3) is 0 Å². The summed E-state index contributed by atoms with van der Waals surface area (Å²) in [6, 6.07) is 16.0. The Hall–Kier alpha value is -2.96. The predicted octanol–water partition coefficient (Wildman–Crippen LogP) is 4.61. The van der Waals surface area contributed by atoms with Gasteiger partial charge >= 0.3 is 5.97 Å². The molecule has 3 N–H and O–H groups in total. The van der Waals surface area contributed by atoms with Crippen LogP contribution < -0.4 is 10.6 Å². The van der Waals surface area contributed by atoms with E-state index in [1.165, 1.54) is 18.1 Å². The minimum atomic E-state index is -0.951. The Morgan fingerprint density at radius 1 is 1.12 bits per heavy atom. The van der Waals surface area contributed by atoms with E-state index in [9.17, 15) is 14.7 Å². The first-order valence-electron chi connectivity index (χ1n) is 12.1. The van der Waals surface area contributed by atoms with Crippen LogP contribution in [0.1, 0.15) is 51.2 Å². The number of aryl methyl sites for hydroxylation is 1. The number of aliphatic carboxylic acids is 1. The third-order valence-electron chi connectivity index (χ3n) is 6.45. The number of benzene rings is 2. The second-order valence-corrected chi connectivity index (χ2v) is 8.97. The first kappa shape index (κ1) is 25.7. The van der Waals surface area contributed by atoms with Gasteiger partial charge < -0.3 is 20.5 Å². The standard InChI is InChI=1S/C28H36N2O4/c1-5-23(6-2)34-26-16-22(28(32)33)15-25(27(26)30-19(4)31)29-17-20-13-12-18(3)24(14-20)21-10-8-7-9-11-21/h7-14,16,23,25-27,29H,5-6,15,17H2,1-4H3,(H,30,31)(H,32,33)/t25-,26+,27+/m0/s1. The van der Waals surface area contributed by atoms with Crippen molar-refractivity contribution < 1.29 is 19.4 Å². The van der Waals surface area contributed by atoms with Crippen LogP contribution in [0.15, 0.2) is 60.2 Å². The Kier molecular flexibility index (Phi) is 9.02. The Morgan fingerprint density at radius 3 is 2.44 bits per heavy atom. The first-order chi connectivity index (χ1) is 16.3. The fourth-order valence-electron chi connectivity index (χ4n) is 4.52.